The van der Waals surface area contributed by atoms with E-state index in [1.807, 2.05) is 26.0 Å². The van der Waals surface area contributed by atoms with Gasteiger partial charge in [0.1, 0.15) is 17.9 Å². The van der Waals surface area contributed by atoms with Gasteiger partial charge in [-0.25, -0.2) is 4.79 Å². The first-order valence-electron chi connectivity index (χ1n) is 7.46. The van der Waals surface area contributed by atoms with E-state index in [0.717, 1.165) is 16.5 Å². The maximum atomic E-state index is 11.8. The largest absolute Gasteiger partial charge is 0.487 e. The Bertz CT molecular complexity index is 1040. The summed E-state index contributed by atoms with van der Waals surface area (Å²) in [6, 6.07) is 9.09. The predicted octanol–water partition coefficient (Wildman–Crippen LogP) is 4.55. The molecule has 1 aromatic heterocycles. The Morgan fingerprint density at radius 2 is 1.88 bits per heavy atom. The van der Waals surface area contributed by atoms with Gasteiger partial charge in [-0.2, -0.15) is 0 Å². The SMILES string of the molecule is Cc1cc2oc(=O)cc(COc3ccc([N+](=O)[O-])cc3Cl)c2cc1C. The van der Waals surface area contributed by atoms with Crippen molar-refractivity contribution >= 4 is 28.3 Å². The molecular weight excluding hydrogens is 346 g/mol. The first-order chi connectivity index (χ1) is 11.8. The number of halogens is 1. The minimum absolute atomic E-state index is 0.0854. The second-order valence-electron chi connectivity index (χ2n) is 5.68. The van der Waals surface area contributed by atoms with Gasteiger partial charge in [0.05, 0.1) is 9.95 Å². The highest BCUT2D eigenvalue weighted by Crippen LogP contribution is 2.30. The lowest BCUT2D eigenvalue weighted by molar-refractivity contribution is -0.384. The smallest absolute Gasteiger partial charge is 0.336 e. The molecule has 0 amide bonds. The van der Waals surface area contributed by atoms with Crippen LogP contribution in [0.25, 0.3) is 11.0 Å². The molecule has 0 fully saturated rings. The summed E-state index contributed by atoms with van der Waals surface area (Å²) in [7, 11) is 0. The Morgan fingerprint density at radius 1 is 1.16 bits per heavy atom. The third kappa shape index (κ3) is 3.49. The number of aryl methyl sites for hydroxylation is 2. The molecular formula is C18H14ClNO5. The zero-order valence-electron chi connectivity index (χ0n) is 13.5. The lowest BCUT2D eigenvalue weighted by atomic mass is 10.0. The summed E-state index contributed by atoms with van der Waals surface area (Å²) in [5.74, 6) is 0.303. The highest BCUT2D eigenvalue weighted by Gasteiger charge is 2.12. The average Bonchev–Trinajstić information content (AvgIpc) is 2.55. The van der Waals surface area contributed by atoms with E-state index in [1.165, 1.54) is 24.3 Å². The molecule has 0 aliphatic heterocycles. The number of ether oxygens (including phenoxy) is 1. The minimum atomic E-state index is -0.531. The molecule has 128 valence electrons. The molecule has 3 rings (SSSR count). The fraction of sp³-hybridized carbons (Fsp3) is 0.167. The Hall–Kier alpha value is -2.86. The van der Waals surface area contributed by atoms with Crippen LogP contribution in [-0.4, -0.2) is 4.92 Å². The normalized spacial score (nSPS) is 10.8. The summed E-state index contributed by atoms with van der Waals surface area (Å²) >= 11 is 6.03. The molecule has 1 heterocycles. The summed E-state index contributed by atoms with van der Waals surface area (Å²) in [5.41, 5.74) is 2.65. The maximum Gasteiger partial charge on any atom is 0.336 e. The summed E-state index contributed by atoms with van der Waals surface area (Å²) in [6.07, 6.45) is 0. The minimum Gasteiger partial charge on any atom is -0.487 e. The quantitative estimate of drug-likeness (QED) is 0.387. The number of nitro benzene ring substituents is 1. The van der Waals surface area contributed by atoms with Crippen LogP contribution >= 0.6 is 11.6 Å². The molecule has 0 aliphatic rings. The number of hydrogen-bond donors (Lipinski definition) is 0. The zero-order valence-corrected chi connectivity index (χ0v) is 14.3. The summed E-state index contributed by atoms with van der Waals surface area (Å²) in [6.45, 7) is 3.99. The van der Waals surface area contributed by atoms with Crippen molar-refractivity contribution in [2.45, 2.75) is 20.5 Å². The lowest BCUT2D eigenvalue weighted by Gasteiger charge is -2.11. The molecule has 0 bridgehead atoms. The van der Waals surface area contributed by atoms with E-state index in [-0.39, 0.29) is 17.3 Å². The predicted molar refractivity (Wildman–Crippen MR) is 94.4 cm³/mol. The van der Waals surface area contributed by atoms with Crippen molar-refractivity contribution in [3.05, 3.63) is 78.6 Å². The first kappa shape index (κ1) is 17.0. The van der Waals surface area contributed by atoms with Crippen LogP contribution in [0.1, 0.15) is 16.7 Å². The molecule has 3 aromatic rings. The second kappa shape index (κ2) is 6.57. The van der Waals surface area contributed by atoms with Crippen LogP contribution in [0.4, 0.5) is 5.69 Å². The fourth-order valence-corrected chi connectivity index (χ4v) is 2.71. The van der Waals surface area contributed by atoms with Crippen LogP contribution in [0.2, 0.25) is 5.02 Å². The van der Waals surface area contributed by atoms with Gasteiger partial charge < -0.3 is 9.15 Å². The lowest BCUT2D eigenvalue weighted by Crippen LogP contribution is -2.05. The number of nitro groups is 1. The molecule has 0 saturated carbocycles. The number of hydrogen-bond acceptors (Lipinski definition) is 5. The Labute approximate surface area is 147 Å². The highest BCUT2D eigenvalue weighted by molar-refractivity contribution is 6.32. The number of benzene rings is 2. The van der Waals surface area contributed by atoms with Crippen LogP contribution in [0.5, 0.6) is 5.75 Å². The van der Waals surface area contributed by atoms with Crippen molar-refractivity contribution in [2.75, 3.05) is 0 Å². The van der Waals surface area contributed by atoms with Gasteiger partial charge >= 0.3 is 5.63 Å². The van der Waals surface area contributed by atoms with Gasteiger partial charge in [-0.3, -0.25) is 10.1 Å². The average molecular weight is 360 g/mol. The molecule has 25 heavy (non-hydrogen) atoms. The van der Waals surface area contributed by atoms with Gasteiger partial charge in [-0.05, 0) is 43.2 Å². The van der Waals surface area contributed by atoms with Crippen molar-refractivity contribution in [3.8, 4) is 5.75 Å². The van der Waals surface area contributed by atoms with Gasteiger partial charge in [0.2, 0.25) is 0 Å². The molecule has 0 N–H and O–H groups in total. The van der Waals surface area contributed by atoms with Crippen molar-refractivity contribution < 1.29 is 14.1 Å². The Balaban J connectivity index is 1.95. The Morgan fingerprint density at radius 3 is 2.56 bits per heavy atom. The number of rotatable bonds is 4. The van der Waals surface area contributed by atoms with Crippen LogP contribution < -0.4 is 10.4 Å². The van der Waals surface area contributed by atoms with Crippen LogP contribution in [0.3, 0.4) is 0 Å². The molecule has 0 unspecified atom stereocenters. The van der Waals surface area contributed by atoms with Gasteiger partial charge in [0.15, 0.2) is 0 Å². The maximum absolute atomic E-state index is 11.8. The molecule has 0 atom stereocenters. The third-order valence-corrected chi connectivity index (χ3v) is 4.25. The summed E-state index contributed by atoms with van der Waals surface area (Å²) in [4.78, 5) is 22.0. The van der Waals surface area contributed by atoms with Crippen molar-refractivity contribution in [2.24, 2.45) is 0 Å². The third-order valence-electron chi connectivity index (χ3n) is 3.95. The standard InChI is InChI=1S/C18H14ClNO5/c1-10-5-14-12(7-18(21)25-17(14)6-11(10)2)9-24-16-4-3-13(20(22)23)8-15(16)19/h3-8H,9H2,1-2H3. The van der Waals surface area contributed by atoms with Crippen LogP contribution in [-0.2, 0) is 6.61 Å². The summed E-state index contributed by atoms with van der Waals surface area (Å²) in [5, 5.41) is 11.7. The van der Waals surface area contributed by atoms with E-state index in [0.29, 0.717) is 16.9 Å². The monoisotopic (exact) mass is 359 g/mol. The van der Waals surface area contributed by atoms with E-state index in [4.69, 9.17) is 20.8 Å². The van der Waals surface area contributed by atoms with E-state index < -0.39 is 10.5 Å². The van der Waals surface area contributed by atoms with Gasteiger partial charge in [0, 0.05) is 29.1 Å². The van der Waals surface area contributed by atoms with Gasteiger partial charge in [0.25, 0.3) is 5.69 Å². The molecule has 0 aliphatic carbocycles. The van der Waals surface area contributed by atoms with E-state index >= 15 is 0 Å². The van der Waals surface area contributed by atoms with Crippen LogP contribution in [0, 0.1) is 24.0 Å². The molecule has 6 nitrogen and oxygen atoms in total. The van der Waals surface area contributed by atoms with E-state index in [9.17, 15) is 14.9 Å². The van der Waals surface area contributed by atoms with Gasteiger partial charge in [-0.15, -0.1) is 0 Å². The first-order valence-corrected chi connectivity index (χ1v) is 7.83. The summed E-state index contributed by atoms with van der Waals surface area (Å²) < 4.78 is 10.9. The van der Waals surface area contributed by atoms with Gasteiger partial charge in [-0.1, -0.05) is 11.6 Å². The zero-order chi connectivity index (χ0) is 18.1. The molecule has 2 aromatic carbocycles. The number of fused-ring (bicyclic) bond motifs is 1. The highest BCUT2D eigenvalue weighted by atomic mass is 35.5. The van der Waals surface area contributed by atoms with E-state index in [2.05, 4.69) is 0 Å². The van der Waals surface area contributed by atoms with Crippen molar-refractivity contribution in [1.82, 2.24) is 0 Å². The molecule has 0 saturated heterocycles. The molecule has 0 radical (unpaired) electrons. The number of nitrogens with zero attached hydrogens (tertiary/aromatic N) is 1. The fourth-order valence-electron chi connectivity index (χ4n) is 2.48. The van der Waals surface area contributed by atoms with Crippen molar-refractivity contribution in [3.63, 3.8) is 0 Å². The molecule has 7 heteroatoms. The second-order valence-corrected chi connectivity index (χ2v) is 6.09. The van der Waals surface area contributed by atoms with Crippen LogP contribution in [0.15, 0.2) is 45.6 Å². The molecule has 0 spiro atoms. The number of non-ortho nitro benzene ring substituents is 1. The Kier molecular flexibility index (Phi) is 4.46. The van der Waals surface area contributed by atoms with Crippen molar-refractivity contribution in [1.29, 1.82) is 0 Å². The topological polar surface area (TPSA) is 82.6 Å². The van der Waals surface area contributed by atoms with E-state index in [1.54, 1.807) is 0 Å².